The van der Waals surface area contributed by atoms with Gasteiger partial charge in [0.05, 0.1) is 21.6 Å². The molecule has 1 heterocycles. The van der Waals surface area contributed by atoms with Crippen LogP contribution < -0.4 is 0 Å². The first-order chi connectivity index (χ1) is 8.66. The highest BCUT2D eigenvalue weighted by Crippen LogP contribution is 2.24. The van der Waals surface area contributed by atoms with Gasteiger partial charge in [0, 0.05) is 0 Å². The number of carbonyl (C=O) groups is 1. The summed E-state index contributed by atoms with van der Waals surface area (Å²) < 4.78 is 0. The zero-order valence-electron chi connectivity index (χ0n) is 9.09. The quantitative estimate of drug-likeness (QED) is 0.681. The minimum absolute atomic E-state index is 0.141. The number of halogens is 1. The molecule has 0 radical (unpaired) electrons. The van der Waals surface area contributed by atoms with Crippen molar-refractivity contribution in [2.75, 3.05) is 0 Å². The summed E-state index contributed by atoms with van der Waals surface area (Å²) in [6.45, 7) is 0. The van der Waals surface area contributed by atoms with E-state index in [2.05, 4.69) is 9.97 Å². The second-order valence-electron chi connectivity index (χ2n) is 3.81. The van der Waals surface area contributed by atoms with Crippen molar-refractivity contribution in [3.8, 4) is 0 Å². The summed E-state index contributed by atoms with van der Waals surface area (Å²) in [5, 5.41) is 9.62. The summed E-state index contributed by atoms with van der Waals surface area (Å²) in [4.78, 5) is 19.8. The molecular weight excluding hydrogens is 252 g/mol. The van der Waals surface area contributed by atoms with Crippen molar-refractivity contribution in [3.05, 3.63) is 47.0 Å². The Labute approximate surface area is 107 Å². The van der Waals surface area contributed by atoms with Gasteiger partial charge in [0.25, 0.3) is 0 Å². The fourth-order valence-electron chi connectivity index (χ4n) is 1.86. The zero-order valence-corrected chi connectivity index (χ0v) is 9.85. The molecular formula is C13H7ClN2O2. The summed E-state index contributed by atoms with van der Waals surface area (Å²) in [6.07, 6.45) is 0. The third-order valence-electron chi connectivity index (χ3n) is 2.68. The lowest BCUT2D eigenvalue weighted by atomic mass is 10.1. The first-order valence-corrected chi connectivity index (χ1v) is 5.63. The number of para-hydroxylation sites is 2. The van der Waals surface area contributed by atoms with E-state index >= 15 is 0 Å². The van der Waals surface area contributed by atoms with Crippen LogP contribution in [0.5, 0.6) is 0 Å². The summed E-state index contributed by atoms with van der Waals surface area (Å²) >= 11 is 6.04. The lowest BCUT2D eigenvalue weighted by Gasteiger charge is -2.04. The van der Waals surface area contributed by atoms with Crippen molar-refractivity contribution in [2.24, 2.45) is 0 Å². The molecule has 0 amide bonds. The van der Waals surface area contributed by atoms with E-state index in [4.69, 9.17) is 16.7 Å². The standard InChI is InChI=1S/C13H7ClN2O2/c14-8-4-2-6-10-12(8)16-9-5-1-3-7(13(17)18)11(9)15-10/h1-6H,(H,17,18). The number of benzene rings is 2. The van der Waals surface area contributed by atoms with Crippen molar-refractivity contribution in [3.63, 3.8) is 0 Å². The molecule has 0 aliphatic carbocycles. The maximum Gasteiger partial charge on any atom is 0.337 e. The molecule has 88 valence electrons. The zero-order chi connectivity index (χ0) is 12.7. The van der Waals surface area contributed by atoms with Gasteiger partial charge in [-0.15, -0.1) is 0 Å². The Balaban J connectivity index is 2.49. The van der Waals surface area contributed by atoms with E-state index in [1.54, 1.807) is 30.3 Å². The number of aromatic nitrogens is 2. The van der Waals surface area contributed by atoms with Crippen LogP contribution in [-0.2, 0) is 0 Å². The summed E-state index contributed by atoms with van der Waals surface area (Å²) in [7, 11) is 0. The molecule has 0 spiro atoms. The number of rotatable bonds is 1. The third-order valence-corrected chi connectivity index (χ3v) is 2.98. The lowest BCUT2D eigenvalue weighted by molar-refractivity contribution is 0.0699. The maximum absolute atomic E-state index is 11.1. The van der Waals surface area contributed by atoms with E-state index in [1.807, 2.05) is 0 Å². The van der Waals surface area contributed by atoms with Gasteiger partial charge in [-0.1, -0.05) is 23.7 Å². The first-order valence-electron chi connectivity index (χ1n) is 5.25. The van der Waals surface area contributed by atoms with Crippen LogP contribution in [0.3, 0.4) is 0 Å². The molecule has 0 aliphatic rings. The molecule has 0 aliphatic heterocycles. The summed E-state index contributed by atoms with van der Waals surface area (Å²) in [5.41, 5.74) is 2.20. The van der Waals surface area contributed by atoms with E-state index in [0.717, 1.165) is 0 Å². The van der Waals surface area contributed by atoms with Gasteiger partial charge in [0.15, 0.2) is 0 Å². The minimum atomic E-state index is -1.02. The molecule has 1 aromatic heterocycles. The van der Waals surface area contributed by atoms with Crippen LogP contribution in [0.1, 0.15) is 10.4 Å². The topological polar surface area (TPSA) is 63.1 Å². The van der Waals surface area contributed by atoms with Crippen molar-refractivity contribution >= 4 is 39.6 Å². The number of carboxylic acid groups (broad SMARTS) is 1. The predicted molar refractivity (Wildman–Crippen MR) is 69.0 cm³/mol. The van der Waals surface area contributed by atoms with Crippen LogP contribution in [-0.4, -0.2) is 21.0 Å². The minimum Gasteiger partial charge on any atom is -0.478 e. The number of hydrogen-bond acceptors (Lipinski definition) is 3. The largest absolute Gasteiger partial charge is 0.478 e. The molecule has 0 fully saturated rings. The average Bonchev–Trinajstić information content (AvgIpc) is 2.36. The Morgan fingerprint density at radius 3 is 2.33 bits per heavy atom. The molecule has 4 nitrogen and oxygen atoms in total. The number of hydrogen-bond donors (Lipinski definition) is 1. The van der Waals surface area contributed by atoms with Crippen molar-refractivity contribution in [2.45, 2.75) is 0 Å². The van der Waals surface area contributed by atoms with Gasteiger partial charge >= 0.3 is 5.97 Å². The molecule has 0 saturated heterocycles. The van der Waals surface area contributed by atoms with Gasteiger partial charge in [0.1, 0.15) is 11.0 Å². The highest BCUT2D eigenvalue weighted by molar-refractivity contribution is 6.35. The number of aromatic carboxylic acids is 1. The highest BCUT2D eigenvalue weighted by Gasteiger charge is 2.12. The number of carboxylic acids is 1. The normalized spacial score (nSPS) is 10.9. The molecule has 3 rings (SSSR count). The third kappa shape index (κ3) is 1.58. The van der Waals surface area contributed by atoms with Gasteiger partial charge in [-0.3, -0.25) is 0 Å². The Morgan fingerprint density at radius 2 is 1.61 bits per heavy atom. The van der Waals surface area contributed by atoms with E-state index < -0.39 is 5.97 Å². The van der Waals surface area contributed by atoms with Crippen LogP contribution >= 0.6 is 11.6 Å². The summed E-state index contributed by atoms with van der Waals surface area (Å²) in [6, 6.07) is 10.1. The van der Waals surface area contributed by atoms with Crippen LogP contribution in [0.25, 0.3) is 22.1 Å². The Bertz CT molecular complexity index is 786. The summed E-state index contributed by atoms with van der Waals surface area (Å²) in [5.74, 6) is -1.02. The fourth-order valence-corrected chi connectivity index (χ4v) is 2.07. The van der Waals surface area contributed by atoms with Crippen LogP contribution in [0.2, 0.25) is 5.02 Å². The van der Waals surface area contributed by atoms with Gasteiger partial charge < -0.3 is 5.11 Å². The van der Waals surface area contributed by atoms with E-state index in [0.29, 0.717) is 27.1 Å². The molecule has 0 atom stereocenters. The highest BCUT2D eigenvalue weighted by atomic mass is 35.5. The predicted octanol–water partition coefficient (Wildman–Crippen LogP) is 3.13. The monoisotopic (exact) mass is 258 g/mol. The molecule has 5 heteroatoms. The van der Waals surface area contributed by atoms with Crippen molar-refractivity contribution in [1.82, 2.24) is 9.97 Å². The van der Waals surface area contributed by atoms with Crippen LogP contribution in [0.15, 0.2) is 36.4 Å². The average molecular weight is 259 g/mol. The van der Waals surface area contributed by atoms with Gasteiger partial charge in [0.2, 0.25) is 0 Å². The lowest BCUT2D eigenvalue weighted by Crippen LogP contribution is -2.00. The number of fused-ring (bicyclic) bond motifs is 2. The van der Waals surface area contributed by atoms with Crippen LogP contribution in [0.4, 0.5) is 0 Å². The van der Waals surface area contributed by atoms with Crippen molar-refractivity contribution in [1.29, 1.82) is 0 Å². The van der Waals surface area contributed by atoms with Gasteiger partial charge in [-0.05, 0) is 24.3 Å². The SMILES string of the molecule is O=C(O)c1cccc2nc3c(Cl)cccc3nc12. The first kappa shape index (κ1) is 10.9. The van der Waals surface area contributed by atoms with E-state index in [1.165, 1.54) is 6.07 Å². The Kier molecular flexibility index (Phi) is 2.38. The molecule has 18 heavy (non-hydrogen) atoms. The fraction of sp³-hybridized carbons (Fsp3) is 0. The van der Waals surface area contributed by atoms with Gasteiger partial charge in [-0.25, -0.2) is 14.8 Å². The molecule has 0 unspecified atom stereocenters. The van der Waals surface area contributed by atoms with E-state index in [-0.39, 0.29) is 5.56 Å². The molecule has 2 aromatic carbocycles. The second-order valence-corrected chi connectivity index (χ2v) is 4.22. The molecule has 3 aromatic rings. The maximum atomic E-state index is 11.1. The molecule has 1 N–H and O–H groups in total. The van der Waals surface area contributed by atoms with Crippen LogP contribution in [0, 0.1) is 0 Å². The Morgan fingerprint density at radius 1 is 1.00 bits per heavy atom. The molecule has 0 bridgehead atoms. The van der Waals surface area contributed by atoms with E-state index in [9.17, 15) is 4.79 Å². The smallest absolute Gasteiger partial charge is 0.337 e. The Hall–Kier alpha value is -2.20. The van der Waals surface area contributed by atoms with Crippen molar-refractivity contribution < 1.29 is 9.90 Å². The van der Waals surface area contributed by atoms with Gasteiger partial charge in [-0.2, -0.15) is 0 Å². The second kappa shape index (κ2) is 3.92. The number of nitrogens with zero attached hydrogens (tertiary/aromatic N) is 2. The molecule has 0 saturated carbocycles.